The van der Waals surface area contributed by atoms with Gasteiger partial charge in [-0.25, -0.2) is 4.98 Å². The fourth-order valence-electron chi connectivity index (χ4n) is 3.59. The second-order valence-corrected chi connectivity index (χ2v) is 8.75. The van der Waals surface area contributed by atoms with Gasteiger partial charge in [0.25, 0.3) is 5.91 Å². The zero-order chi connectivity index (χ0) is 21.8. The van der Waals surface area contributed by atoms with Crippen LogP contribution in [0.2, 0.25) is 5.02 Å². The molecule has 1 aromatic heterocycles. The first-order chi connectivity index (χ1) is 15.0. The number of nitrogens with zero attached hydrogens (tertiary/aromatic N) is 1. The molecule has 0 aliphatic heterocycles. The third-order valence-electron chi connectivity index (χ3n) is 5.25. The van der Waals surface area contributed by atoms with Crippen LogP contribution in [0.3, 0.4) is 0 Å². The molecule has 1 aliphatic rings. The fraction of sp³-hybridized carbons (Fsp3) is 0.261. The molecule has 1 atom stereocenters. The predicted octanol–water partition coefficient (Wildman–Crippen LogP) is 4.79. The van der Waals surface area contributed by atoms with Crippen molar-refractivity contribution in [2.24, 2.45) is 0 Å². The van der Waals surface area contributed by atoms with Crippen LogP contribution in [-0.2, 0) is 17.8 Å². The van der Waals surface area contributed by atoms with E-state index < -0.39 is 0 Å². The number of aromatic nitrogens is 1. The summed E-state index contributed by atoms with van der Waals surface area (Å²) in [4.78, 5) is 31.1. The molecule has 31 heavy (non-hydrogen) atoms. The SMILES string of the molecule is COc1ccc(C(=O)Nc2nc3c(s2)CCC[C@H]3C(=O)NCc2ccccc2Cl)cc1. The molecule has 6 nitrogen and oxygen atoms in total. The topological polar surface area (TPSA) is 80.3 Å². The highest BCUT2D eigenvalue weighted by molar-refractivity contribution is 7.16. The Labute approximate surface area is 189 Å². The van der Waals surface area contributed by atoms with Gasteiger partial charge in [0.05, 0.1) is 18.7 Å². The maximum Gasteiger partial charge on any atom is 0.257 e. The number of nitrogens with one attached hydrogen (secondary N) is 2. The number of benzene rings is 2. The summed E-state index contributed by atoms with van der Waals surface area (Å²) in [6.07, 6.45) is 2.50. The van der Waals surface area contributed by atoms with E-state index in [4.69, 9.17) is 16.3 Å². The van der Waals surface area contributed by atoms with Gasteiger partial charge in [0.15, 0.2) is 5.13 Å². The molecule has 160 valence electrons. The van der Waals surface area contributed by atoms with Gasteiger partial charge in [-0.2, -0.15) is 0 Å². The number of ether oxygens (including phenoxy) is 1. The maximum absolute atomic E-state index is 12.9. The van der Waals surface area contributed by atoms with E-state index in [1.807, 2.05) is 18.2 Å². The molecule has 0 bridgehead atoms. The van der Waals surface area contributed by atoms with Crippen LogP contribution in [0.5, 0.6) is 5.75 Å². The molecular weight excluding hydrogens is 434 g/mol. The minimum absolute atomic E-state index is 0.0702. The number of fused-ring (bicyclic) bond motifs is 1. The molecule has 4 rings (SSSR count). The lowest BCUT2D eigenvalue weighted by molar-refractivity contribution is -0.123. The molecule has 0 saturated carbocycles. The Bertz CT molecular complexity index is 1100. The quantitative estimate of drug-likeness (QED) is 0.559. The zero-order valence-corrected chi connectivity index (χ0v) is 18.6. The summed E-state index contributed by atoms with van der Waals surface area (Å²) >= 11 is 7.62. The highest BCUT2D eigenvalue weighted by Gasteiger charge is 2.30. The number of anilines is 1. The lowest BCUT2D eigenvalue weighted by Crippen LogP contribution is -2.31. The Hall–Kier alpha value is -2.90. The Kier molecular flexibility index (Phi) is 6.53. The van der Waals surface area contributed by atoms with Crippen LogP contribution >= 0.6 is 22.9 Å². The fourth-order valence-corrected chi connectivity index (χ4v) is 4.85. The van der Waals surface area contributed by atoms with E-state index >= 15 is 0 Å². The number of carbonyl (C=O) groups excluding carboxylic acids is 2. The van der Waals surface area contributed by atoms with Crippen LogP contribution < -0.4 is 15.4 Å². The highest BCUT2D eigenvalue weighted by Crippen LogP contribution is 2.37. The van der Waals surface area contributed by atoms with E-state index in [-0.39, 0.29) is 17.7 Å². The highest BCUT2D eigenvalue weighted by atomic mass is 35.5. The molecule has 2 amide bonds. The Morgan fingerprint density at radius 2 is 1.97 bits per heavy atom. The Balaban J connectivity index is 1.44. The predicted molar refractivity (Wildman–Crippen MR) is 122 cm³/mol. The number of aryl methyl sites for hydroxylation is 1. The van der Waals surface area contributed by atoms with E-state index in [1.54, 1.807) is 37.4 Å². The standard InChI is InChI=1S/C23H22ClN3O3S/c1-30-16-11-9-14(10-12-16)21(28)27-23-26-20-17(6-4-8-19(20)31-23)22(29)25-13-15-5-2-3-7-18(15)24/h2-3,5,7,9-12,17H,4,6,8,13H2,1H3,(H,25,29)(H,26,27,28)/t17-/m1/s1. The van der Waals surface area contributed by atoms with Crippen LogP contribution in [0.15, 0.2) is 48.5 Å². The number of amides is 2. The summed E-state index contributed by atoms with van der Waals surface area (Å²) in [6, 6.07) is 14.3. The van der Waals surface area contributed by atoms with Gasteiger partial charge >= 0.3 is 0 Å². The van der Waals surface area contributed by atoms with Gasteiger partial charge in [0.1, 0.15) is 5.75 Å². The van der Waals surface area contributed by atoms with Crippen molar-refractivity contribution < 1.29 is 14.3 Å². The summed E-state index contributed by atoms with van der Waals surface area (Å²) in [5.41, 5.74) is 2.15. The Morgan fingerprint density at radius 1 is 1.19 bits per heavy atom. The number of hydrogen-bond donors (Lipinski definition) is 2. The summed E-state index contributed by atoms with van der Waals surface area (Å²) in [7, 11) is 1.58. The van der Waals surface area contributed by atoms with E-state index in [0.717, 1.165) is 35.4 Å². The van der Waals surface area contributed by atoms with E-state index in [9.17, 15) is 9.59 Å². The smallest absolute Gasteiger partial charge is 0.257 e. The minimum Gasteiger partial charge on any atom is -0.497 e. The number of halogens is 1. The second kappa shape index (κ2) is 9.49. The number of rotatable bonds is 6. The molecule has 0 saturated heterocycles. The number of carbonyl (C=O) groups is 2. The van der Waals surface area contributed by atoms with Crippen molar-refractivity contribution in [3.63, 3.8) is 0 Å². The first-order valence-corrected chi connectivity index (χ1v) is 11.2. The van der Waals surface area contributed by atoms with Crippen LogP contribution in [-0.4, -0.2) is 23.9 Å². The van der Waals surface area contributed by atoms with Crippen molar-refractivity contribution in [2.75, 3.05) is 12.4 Å². The van der Waals surface area contributed by atoms with Gasteiger partial charge in [0.2, 0.25) is 5.91 Å². The summed E-state index contributed by atoms with van der Waals surface area (Å²) in [5, 5.41) is 6.98. The van der Waals surface area contributed by atoms with Crippen molar-refractivity contribution in [3.05, 3.63) is 75.3 Å². The normalized spacial score (nSPS) is 15.1. The van der Waals surface area contributed by atoms with Gasteiger partial charge in [-0.3, -0.25) is 14.9 Å². The molecule has 8 heteroatoms. The molecule has 3 aromatic rings. The number of methoxy groups -OCH3 is 1. The molecule has 0 spiro atoms. The molecule has 1 heterocycles. The molecule has 2 aromatic carbocycles. The van der Waals surface area contributed by atoms with Crippen molar-refractivity contribution in [1.82, 2.24) is 10.3 Å². The average Bonchev–Trinajstić information content (AvgIpc) is 3.20. The van der Waals surface area contributed by atoms with Crippen LogP contribution in [0, 0.1) is 0 Å². The van der Waals surface area contributed by atoms with Crippen molar-refractivity contribution in [1.29, 1.82) is 0 Å². The second-order valence-electron chi connectivity index (χ2n) is 7.26. The van der Waals surface area contributed by atoms with E-state index in [0.29, 0.717) is 28.0 Å². The van der Waals surface area contributed by atoms with Gasteiger partial charge in [-0.15, -0.1) is 11.3 Å². The van der Waals surface area contributed by atoms with Gasteiger partial charge in [-0.1, -0.05) is 29.8 Å². The summed E-state index contributed by atoms with van der Waals surface area (Å²) < 4.78 is 5.12. The summed E-state index contributed by atoms with van der Waals surface area (Å²) in [5.74, 6) is 0.0497. The van der Waals surface area contributed by atoms with Gasteiger partial charge in [0, 0.05) is 22.0 Å². The first-order valence-electron chi connectivity index (χ1n) is 10.0. The van der Waals surface area contributed by atoms with Gasteiger partial charge in [-0.05, 0) is 55.2 Å². The van der Waals surface area contributed by atoms with Crippen LogP contribution in [0.1, 0.15) is 45.3 Å². The molecular formula is C23H22ClN3O3S. The van der Waals surface area contributed by atoms with Crippen LogP contribution in [0.25, 0.3) is 0 Å². The van der Waals surface area contributed by atoms with Crippen LogP contribution in [0.4, 0.5) is 5.13 Å². The Morgan fingerprint density at radius 3 is 2.71 bits per heavy atom. The molecule has 1 aliphatic carbocycles. The van der Waals surface area contributed by atoms with Gasteiger partial charge < -0.3 is 10.1 Å². The summed E-state index contributed by atoms with van der Waals surface area (Å²) in [6.45, 7) is 0.371. The third kappa shape index (κ3) is 4.89. The third-order valence-corrected chi connectivity index (χ3v) is 6.67. The molecule has 0 fully saturated rings. The zero-order valence-electron chi connectivity index (χ0n) is 17.0. The maximum atomic E-state index is 12.9. The number of thiazole rings is 1. The lowest BCUT2D eigenvalue weighted by atomic mass is 9.90. The monoisotopic (exact) mass is 455 g/mol. The van der Waals surface area contributed by atoms with Crippen molar-refractivity contribution in [2.45, 2.75) is 31.7 Å². The number of hydrogen-bond acceptors (Lipinski definition) is 5. The molecule has 0 unspecified atom stereocenters. The molecule has 2 N–H and O–H groups in total. The first kappa shape index (κ1) is 21.3. The molecule has 0 radical (unpaired) electrons. The van der Waals surface area contributed by atoms with E-state index in [2.05, 4.69) is 15.6 Å². The largest absolute Gasteiger partial charge is 0.497 e. The van der Waals surface area contributed by atoms with Crippen molar-refractivity contribution in [3.8, 4) is 5.75 Å². The minimum atomic E-state index is -0.325. The van der Waals surface area contributed by atoms with E-state index in [1.165, 1.54) is 11.3 Å². The average molecular weight is 456 g/mol. The van der Waals surface area contributed by atoms with Crippen molar-refractivity contribution >= 4 is 39.9 Å². The lowest BCUT2D eigenvalue weighted by Gasteiger charge is -2.20.